The van der Waals surface area contributed by atoms with Gasteiger partial charge in [0, 0.05) is 50.5 Å². The number of nitro groups is 1. The van der Waals surface area contributed by atoms with Crippen molar-refractivity contribution in [2.45, 2.75) is 6.04 Å². The van der Waals surface area contributed by atoms with Crippen LogP contribution in [0.4, 0.5) is 15.8 Å². The number of anilines is 1. The highest BCUT2D eigenvalue weighted by molar-refractivity contribution is 6.39. The Morgan fingerprint density at radius 3 is 2.23 bits per heavy atom. The quantitative estimate of drug-likeness (QED) is 0.412. The molecule has 3 rings (SSSR count). The van der Waals surface area contributed by atoms with Crippen LogP contribution in [-0.2, 0) is 9.59 Å². The van der Waals surface area contributed by atoms with E-state index in [0.29, 0.717) is 0 Å². The fourth-order valence-electron chi connectivity index (χ4n) is 3.40. The zero-order valence-electron chi connectivity index (χ0n) is 17.1. The summed E-state index contributed by atoms with van der Waals surface area (Å²) < 4.78 is 13.4. The van der Waals surface area contributed by atoms with E-state index in [4.69, 9.17) is 0 Å². The molecule has 1 fully saturated rings. The molecule has 31 heavy (non-hydrogen) atoms. The van der Waals surface area contributed by atoms with E-state index in [1.54, 1.807) is 12.1 Å². The van der Waals surface area contributed by atoms with Gasteiger partial charge in [0.1, 0.15) is 5.82 Å². The van der Waals surface area contributed by atoms with Gasteiger partial charge in [0.15, 0.2) is 0 Å². The molecule has 2 amide bonds. The molecule has 1 heterocycles. The van der Waals surface area contributed by atoms with Crippen molar-refractivity contribution in [2.75, 3.05) is 45.1 Å². The molecule has 2 aromatic rings. The topological polar surface area (TPSA) is 108 Å². The Bertz CT molecular complexity index is 928. The molecule has 10 heteroatoms. The molecular weight excluding hydrogens is 405 g/mol. The average molecular weight is 429 g/mol. The van der Waals surface area contributed by atoms with Gasteiger partial charge in [-0.3, -0.25) is 24.6 Å². The maximum absolute atomic E-state index is 13.4. The predicted octanol–water partition coefficient (Wildman–Crippen LogP) is 1.78. The standard InChI is InChI=1S/C21H24FN5O4/c1-25-10-12-26(13-11-25)19(15-2-4-16(22)5-3-15)14-23-20(28)21(29)24-17-6-8-18(9-7-17)27(30)31/h2-9,19H,10-14H2,1H3,(H,23,28)(H,24,29)/t19-/m1/s1. The molecule has 1 atom stereocenters. The second-order valence-electron chi connectivity index (χ2n) is 7.37. The highest BCUT2D eigenvalue weighted by atomic mass is 19.1. The molecule has 0 unspecified atom stereocenters. The summed E-state index contributed by atoms with van der Waals surface area (Å²) in [5, 5.41) is 15.8. The minimum Gasteiger partial charge on any atom is -0.346 e. The smallest absolute Gasteiger partial charge is 0.313 e. The molecule has 0 aliphatic carbocycles. The van der Waals surface area contributed by atoms with Crippen LogP contribution in [0.2, 0.25) is 0 Å². The number of non-ortho nitro benzene ring substituents is 1. The Morgan fingerprint density at radius 2 is 1.65 bits per heavy atom. The highest BCUT2D eigenvalue weighted by Gasteiger charge is 2.25. The number of nitrogens with one attached hydrogen (secondary N) is 2. The molecule has 1 aliphatic rings. The van der Waals surface area contributed by atoms with E-state index in [2.05, 4.69) is 20.4 Å². The van der Waals surface area contributed by atoms with Crippen molar-refractivity contribution in [3.05, 3.63) is 70.0 Å². The van der Waals surface area contributed by atoms with E-state index in [1.165, 1.54) is 36.4 Å². The van der Waals surface area contributed by atoms with Crippen molar-refractivity contribution < 1.29 is 18.9 Å². The fourth-order valence-corrected chi connectivity index (χ4v) is 3.40. The summed E-state index contributed by atoms with van der Waals surface area (Å²) >= 11 is 0. The van der Waals surface area contributed by atoms with Gasteiger partial charge >= 0.3 is 11.8 Å². The second kappa shape index (κ2) is 10.1. The molecule has 1 aliphatic heterocycles. The number of halogens is 1. The second-order valence-corrected chi connectivity index (χ2v) is 7.37. The van der Waals surface area contributed by atoms with Gasteiger partial charge in [-0.25, -0.2) is 4.39 Å². The van der Waals surface area contributed by atoms with E-state index in [-0.39, 0.29) is 29.8 Å². The minimum absolute atomic E-state index is 0.114. The molecule has 2 aromatic carbocycles. The summed E-state index contributed by atoms with van der Waals surface area (Å²) in [5.74, 6) is -2.03. The minimum atomic E-state index is -0.870. The molecule has 0 spiro atoms. The molecular formula is C21H24FN5O4. The third-order valence-electron chi connectivity index (χ3n) is 5.23. The SMILES string of the molecule is CN1CCN([C@H](CNC(=O)C(=O)Nc2ccc([N+](=O)[O-])cc2)c2ccc(F)cc2)CC1. The summed E-state index contributed by atoms with van der Waals surface area (Å²) in [6.45, 7) is 3.48. The van der Waals surface area contributed by atoms with Gasteiger partial charge < -0.3 is 15.5 Å². The zero-order valence-corrected chi connectivity index (χ0v) is 17.1. The van der Waals surface area contributed by atoms with E-state index in [0.717, 1.165) is 31.7 Å². The number of benzene rings is 2. The highest BCUT2D eigenvalue weighted by Crippen LogP contribution is 2.22. The third kappa shape index (κ3) is 6.06. The van der Waals surface area contributed by atoms with E-state index in [1.807, 2.05) is 7.05 Å². The molecule has 0 bridgehead atoms. The van der Waals surface area contributed by atoms with Crippen LogP contribution in [0.15, 0.2) is 48.5 Å². The number of piperazine rings is 1. The summed E-state index contributed by atoms with van der Waals surface area (Å²) in [6.07, 6.45) is 0. The first-order valence-corrected chi connectivity index (χ1v) is 9.85. The van der Waals surface area contributed by atoms with Crippen LogP contribution >= 0.6 is 0 Å². The van der Waals surface area contributed by atoms with Crippen molar-refractivity contribution in [3.8, 4) is 0 Å². The number of amides is 2. The van der Waals surface area contributed by atoms with Crippen molar-refractivity contribution in [3.63, 3.8) is 0 Å². The number of rotatable bonds is 6. The summed E-state index contributed by atoms with van der Waals surface area (Å²) in [7, 11) is 2.04. The molecule has 0 saturated carbocycles. The lowest BCUT2D eigenvalue weighted by atomic mass is 10.0. The van der Waals surface area contributed by atoms with Gasteiger partial charge in [-0.2, -0.15) is 0 Å². The molecule has 164 valence electrons. The first-order valence-electron chi connectivity index (χ1n) is 9.85. The number of hydrogen-bond donors (Lipinski definition) is 2. The number of carbonyl (C=O) groups excluding carboxylic acids is 2. The van der Waals surface area contributed by atoms with Crippen molar-refractivity contribution in [1.82, 2.24) is 15.1 Å². The molecule has 0 aromatic heterocycles. The lowest BCUT2D eigenvalue weighted by molar-refractivity contribution is -0.384. The summed E-state index contributed by atoms with van der Waals surface area (Å²) in [6, 6.07) is 11.1. The van der Waals surface area contributed by atoms with Crippen LogP contribution < -0.4 is 10.6 Å². The van der Waals surface area contributed by atoms with Gasteiger partial charge in [-0.1, -0.05) is 12.1 Å². The van der Waals surface area contributed by atoms with Crippen LogP contribution in [0.3, 0.4) is 0 Å². The summed E-state index contributed by atoms with van der Waals surface area (Å²) in [4.78, 5) is 39.1. The zero-order chi connectivity index (χ0) is 22.4. The molecule has 1 saturated heterocycles. The van der Waals surface area contributed by atoms with Gasteiger partial charge in [0.2, 0.25) is 0 Å². The van der Waals surface area contributed by atoms with Gasteiger partial charge in [-0.05, 0) is 36.9 Å². The van der Waals surface area contributed by atoms with E-state index >= 15 is 0 Å². The number of carbonyl (C=O) groups is 2. The Hall–Kier alpha value is -3.37. The third-order valence-corrected chi connectivity index (χ3v) is 5.23. The van der Waals surface area contributed by atoms with Crippen LogP contribution in [0, 0.1) is 15.9 Å². The van der Waals surface area contributed by atoms with Gasteiger partial charge in [0.05, 0.1) is 11.0 Å². The Kier molecular flexibility index (Phi) is 7.27. The molecule has 0 radical (unpaired) electrons. The Labute approximate surface area is 179 Å². The predicted molar refractivity (Wildman–Crippen MR) is 113 cm³/mol. The van der Waals surface area contributed by atoms with E-state index in [9.17, 15) is 24.1 Å². The van der Waals surface area contributed by atoms with Crippen LogP contribution in [-0.4, -0.2) is 66.3 Å². The van der Waals surface area contributed by atoms with Crippen molar-refractivity contribution in [1.29, 1.82) is 0 Å². The Morgan fingerprint density at radius 1 is 1.03 bits per heavy atom. The van der Waals surface area contributed by atoms with Crippen molar-refractivity contribution >= 4 is 23.2 Å². The van der Waals surface area contributed by atoms with Gasteiger partial charge in [0.25, 0.3) is 5.69 Å². The fraction of sp³-hybridized carbons (Fsp3) is 0.333. The number of likely N-dealkylation sites (N-methyl/N-ethyl adjacent to an activating group) is 1. The lowest BCUT2D eigenvalue weighted by Crippen LogP contribution is -2.49. The Balaban J connectivity index is 1.62. The first-order chi connectivity index (χ1) is 14.8. The largest absolute Gasteiger partial charge is 0.346 e. The average Bonchev–Trinajstić information content (AvgIpc) is 2.76. The van der Waals surface area contributed by atoms with E-state index < -0.39 is 16.7 Å². The number of nitro benzene ring substituents is 1. The number of nitrogens with zero attached hydrogens (tertiary/aromatic N) is 3. The molecule has 9 nitrogen and oxygen atoms in total. The first kappa shape index (κ1) is 22.3. The lowest BCUT2D eigenvalue weighted by Gasteiger charge is -2.38. The summed E-state index contributed by atoms with van der Waals surface area (Å²) in [5.41, 5.74) is 1.01. The van der Waals surface area contributed by atoms with Crippen LogP contribution in [0.1, 0.15) is 11.6 Å². The van der Waals surface area contributed by atoms with Gasteiger partial charge in [-0.15, -0.1) is 0 Å². The van der Waals surface area contributed by atoms with Crippen molar-refractivity contribution in [2.24, 2.45) is 0 Å². The monoisotopic (exact) mass is 429 g/mol. The van der Waals surface area contributed by atoms with Crippen LogP contribution in [0.25, 0.3) is 0 Å². The molecule has 2 N–H and O–H groups in total. The van der Waals surface area contributed by atoms with Crippen LogP contribution in [0.5, 0.6) is 0 Å². The maximum Gasteiger partial charge on any atom is 0.313 e. The maximum atomic E-state index is 13.4. The normalized spacial score (nSPS) is 15.8. The number of hydrogen-bond acceptors (Lipinski definition) is 6.